The van der Waals surface area contributed by atoms with E-state index in [-0.39, 0.29) is 11.7 Å². The monoisotopic (exact) mass is 442 g/mol. The Morgan fingerprint density at radius 3 is 2.81 bits per heavy atom. The van der Waals surface area contributed by atoms with Crippen LogP contribution in [0.1, 0.15) is 17.4 Å². The highest BCUT2D eigenvalue weighted by Gasteiger charge is 2.11. The minimum Gasteiger partial charge on any atom is -0.301 e. The largest absolute Gasteiger partial charge is 0.301 e. The van der Waals surface area contributed by atoms with Gasteiger partial charge in [0, 0.05) is 22.5 Å². The number of thioether (sulfide) groups is 2. The Balaban J connectivity index is 1.49. The minimum atomic E-state index is -0.0986. The number of carbonyl (C=O) groups excluding carboxylic acids is 1. The smallest absolute Gasteiger partial charge is 0.236 e. The third-order valence-electron chi connectivity index (χ3n) is 3.05. The second kappa shape index (κ2) is 9.70. The highest BCUT2D eigenvalue weighted by Crippen LogP contribution is 2.29. The lowest BCUT2D eigenvalue weighted by Gasteiger charge is -2.00. The van der Waals surface area contributed by atoms with Gasteiger partial charge in [0.25, 0.3) is 0 Å². The zero-order valence-corrected chi connectivity index (χ0v) is 17.8. The number of rotatable bonds is 8. The maximum atomic E-state index is 12.1. The summed E-state index contributed by atoms with van der Waals surface area (Å²) in [6.45, 7) is 2.07. The second-order valence-electron chi connectivity index (χ2n) is 5.04. The number of aromatic nitrogens is 3. The van der Waals surface area contributed by atoms with Crippen molar-refractivity contribution >= 4 is 68.8 Å². The van der Waals surface area contributed by atoms with Gasteiger partial charge in [0.15, 0.2) is 13.8 Å². The number of hydrogen-bond acceptors (Lipinski definition) is 8. The number of benzene rings is 1. The molecule has 5 nitrogen and oxygen atoms in total. The Hall–Kier alpha value is -1.13. The van der Waals surface area contributed by atoms with Crippen LogP contribution >= 0.6 is 57.8 Å². The fourth-order valence-corrected chi connectivity index (χ4v) is 5.81. The summed E-state index contributed by atoms with van der Waals surface area (Å²) in [5.74, 6) is 1.15. The lowest BCUT2D eigenvalue weighted by Crippen LogP contribution is -2.13. The molecule has 3 aromatic rings. The highest BCUT2D eigenvalue weighted by atomic mass is 35.5. The third kappa shape index (κ3) is 5.95. The van der Waals surface area contributed by atoms with E-state index >= 15 is 0 Å². The molecule has 10 heteroatoms. The molecular weight excluding hydrogens is 428 g/mol. The Morgan fingerprint density at radius 2 is 2.04 bits per heavy atom. The number of nitrogens with one attached hydrogen (secondary N) is 1. The van der Waals surface area contributed by atoms with Crippen LogP contribution in [0, 0.1) is 0 Å². The lowest BCUT2D eigenvalue weighted by atomic mass is 10.1. The van der Waals surface area contributed by atoms with Crippen LogP contribution in [0.2, 0.25) is 5.02 Å². The van der Waals surface area contributed by atoms with Crippen molar-refractivity contribution in [1.29, 1.82) is 0 Å². The van der Waals surface area contributed by atoms with Crippen molar-refractivity contribution in [3.8, 4) is 0 Å². The van der Waals surface area contributed by atoms with Crippen LogP contribution in [0.25, 0.3) is 0 Å². The van der Waals surface area contributed by atoms with Crippen molar-refractivity contribution in [3.63, 3.8) is 0 Å². The van der Waals surface area contributed by atoms with Crippen molar-refractivity contribution in [2.45, 2.75) is 22.0 Å². The van der Waals surface area contributed by atoms with Crippen LogP contribution in [-0.2, 0) is 11.2 Å². The normalized spacial score (nSPS) is 10.8. The van der Waals surface area contributed by atoms with Gasteiger partial charge in [-0.1, -0.05) is 65.5 Å². The number of carbonyl (C=O) groups is 1. The third-order valence-corrected chi connectivity index (χ3v) is 7.27. The van der Waals surface area contributed by atoms with Crippen molar-refractivity contribution in [2.75, 3.05) is 16.8 Å². The molecule has 0 aliphatic heterocycles. The molecule has 1 amide bonds. The molecule has 0 fully saturated rings. The Bertz CT molecular complexity index is 883. The van der Waals surface area contributed by atoms with Crippen LogP contribution in [0.4, 0.5) is 5.13 Å². The summed E-state index contributed by atoms with van der Waals surface area (Å²) in [6.07, 6.45) is 2.53. The first-order valence-corrected chi connectivity index (χ1v) is 11.7. The van der Waals surface area contributed by atoms with Crippen molar-refractivity contribution < 1.29 is 4.79 Å². The Labute approximate surface area is 173 Å². The van der Waals surface area contributed by atoms with Crippen LogP contribution in [-0.4, -0.2) is 32.6 Å². The zero-order chi connectivity index (χ0) is 18.4. The molecule has 3 rings (SSSR count). The van der Waals surface area contributed by atoms with Gasteiger partial charge >= 0.3 is 0 Å². The number of anilines is 1. The number of amides is 1. The van der Waals surface area contributed by atoms with Gasteiger partial charge in [-0.3, -0.25) is 4.79 Å². The standard InChI is InChI=1S/C16H15ClN4OS4/c1-2-23-15-20-21-16(26-15)24-9-13(22)19-14-18-8-12(25-14)7-10-4-3-5-11(17)6-10/h3-6,8H,2,7,9H2,1H3,(H,18,19,22). The quantitative estimate of drug-likeness (QED) is 0.490. The molecule has 0 bridgehead atoms. The molecule has 1 N–H and O–H groups in total. The molecule has 26 heavy (non-hydrogen) atoms. The SMILES string of the molecule is CCSc1nnc(SCC(=O)Nc2ncc(Cc3cccc(Cl)c3)s2)s1. The lowest BCUT2D eigenvalue weighted by molar-refractivity contribution is -0.113. The summed E-state index contributed by atoms with van der Waals surface area (Å²) in [5.41, 5.74) is 1.12. The zero-order valence-electron chi connectivity index (χ0n) is 13.8. The molecular formula is C16H15ClN4OS4. The number of halogens is 1. The van der Waals surface area contributed by atoms with E-state index in [1.165, 1.54) is 34.4 Å². The predicted molar refractivity (Wildman–Crippen MR) is 112 cm³/mol. The summed E-state index contributed by atoms with van der Waals surface area (Å²) in [5, 5.41) is 12.3. The maximum absolute atomic E-state index is 12.1. The topological polar surface area (TPSA) is 67.8 Å². The van der Waals surface area contributed by atoms with Gasteiger partial charge in [-0.2, -0.15) is 0 Å². The van der Waals surface area contributed by atoms with E-state index in [2.05, 4.69) is 27.4 Å². The van der Waals surface area contributed by atoms with Crippen LogP contribution < -0.4 is 5.32 Å². The van der Waals surface area contributed by atoms with Crippen LogP contribution in [0.5, 0.6) is 0 Å². The van der Waals surface area contributed by atoms with E-state index in [1.54, 1.807) is 18.0 Å². The molecule has 0 radical (unpaired) electrons. The summed E-state index contributed by atoms with van der Waals surface area (Å²) < 4.78 is 1.73. The van der Waals surface area contributed by atoms with Crippen molar-refractivity contribution in [3.05, 3.63) is 45.9 Å². The molecule has 0 saturated carbocycles. The summed E-state index contributed by atoms with van der Waals surface area (Å²) >= 11 is 12.0. The highest BCUT2D eigenvalue weighted by molar-refractivity contribution is 8.03. The molecule has 0 saturated heterocycles. The first-order chi connectivity index (χ1) is 12.6. The fourth-order valence-electron chi connectivity index (χ4n) is 2.02. The van der Waals surface area contributed by atoms with Gasteiger partial charge in [-0.15, -0.1) is 21.5 Å². The molecule has 0 atom stereocenters. The summed E-state index contributed by atoms with van der Waals surface area (Å²) in [6, 6.07) is 7.73. The average molecular weight is 443 g/mol. The molecule has 0 aliphatic rings. The predicted octanol–water partition coefficient (Wildman–Crippen LogP) is 5.08. The summed E-state index contributed by atoms with van der Waals surface area (Å²) in [4.78, 5) is 17.4. The molecule has 0 aliphatic carbocycles. The molecule has 0 unspecified atom stereocenters. The molecule has 0 spiro atoms. The van der Waals surface area contributed by atoms with Crippen molar-refractivity contribution in [1.82, 2.24) is 15.2 Å². The van der Waals surface area contributed by atoms with E-state index in [1.807, 2.05) is 24.3 Å². The maximum Gasteiger partial charge on any atom is 0.236 e. The van der Waals surface area contributed by atoms with Crippen LogP contribution in [0.3, 0.4) is 0 Å². The Morgan fingerprint density at radius 1 is 1.23 bits per heavy atom. The molecule has 1 aromatic carbocycles. The fraction of sp³-hybridized carbons (Fsp3) is 0.250. The Kier molecular flexibility index (Phi) is 7.32. The average Bonchev–Trinajstić information content (AvgIpc) is 3.23. The van der Waals surface area contributed by atoms with Gasteiger partial charge in [0.05, 0.1) is 5.75 Å². The number of thiazole rings is 1. The van der Waals surface area contributed by atoms with E-state index in [4.69, 9.17) is 11.6 Å². The van der Waals surface area contributed by atoms with E-state index in [0.717, 1.165) is 36.3 Å². The second-order valence-corrected chi connectivity index (χ2v) is 10.3. The van der Waals surface area contributed by atoms with Crippen molar-refractivity contribution in [2.24, 2.45) is 0 Å². The van der Waals surface area contributed by atoms with Gasteiger partial charge in [-0.05, 0) is 23.4 Å². The van der Waals surface area contributed by atoms with Gasteiger partial charge < -0.3 is 5.32 Å². The minimum absolute atomic E-state index is 0.0986. The van der Waals surface area contributed by atoms with E-state index < -0.39 is 0 Å². The number of nitrogens with zero attached hydrogens (tertiary/aromatic N) is 3. The van der Waals surface area contributed by atoms with Gasteiger partial charge in [0.2, 0.25) is 5.91 Å². The van der Waals surface area contributed by atoms with E-state index in [9.17, 15) is 4.79 Å². The first-order valence-electron chi connectivity index (χ1n) is 7.70. The summed E-state index contributed by atoms with van der Waals surface area (Å²) in [7, 11) is 0. The first kappa shape index (κ1) is 19.6. The molecule has 2 aromatic heterocycles. The van der Waals surface area contributed by atoms with Gasteiger partial charge in [0.1, 0.15) is 0 Å². The van der Waals surface area contributed by atoms with Crippen LogP contribution in [0.15, 0.2) is 39.1 Å². The van der Waals surface area contributed by atoms with E-state index in [0.29, 0.717) is 5.13 Å². The molecule has 2 heterocycles. The van der Waals surface area contributed by atoms with Gasteiger partial charge in [-0.25, -0.2) is 4.98 Å². The number of hydrogen-bond donors (Lipinski definition) is 1. The molecule has 136 valence electrons.